The lowest BCUT2D eigenvalue weighted by molar-refractivity contribution is 0.142. The second-order valence-corrected chi connectivity index (χ2v) is 10.7. The van der Waals surface area contributed by atoms with Crippen LogP contribution in [0.3, 0.4) is 0 Å². The van der Waals surface area contributed by atoms with Crippen molar-refractivity contribution in [3.8, 4) is 21.0 Å². The van der Waals surface area contributed by atoms with Crippen LogP contribution in [0.15, 0.2) is 48.4 Å². The number of aliphatic hydroxyl groups is 1. The molecular weight excluding hydrogens is 480 g/mol. The SMILES string of the molecule is CN1CCN(c2ccc(Nc3ncc(-c4cncs4)c(-c4cnc(N5CC(O)C5)s4)n3)cc2)CC1. The zero-order chi connectivity index (χ0) is 23.8. The molecule has 0 saturated carbocycles. The summed E-state index contributed by atoms with van der Waals surface area (Å²) in [4.78, 5) is 27.1. The Morgan fingerprint density at radius 2 is 1.74 bits per heavy atom. The van der Waals surface area contributed by atoms with Crippen LogP contribution >= 0.6 is 22.7 Å². The molecule has 180 valence electrons. The van der Waals surface area contributed by atoms with Gasteiger partial charge in [-0.3, -0.25) is 4.98 Å². The molecule has 4 aromatic rings. The van der Waals surface area contributed by atoms with E-state index in [-0.39, 0.29) is 6.10 Å². The molecule has 11 heteroatoms. The second kappa shape index (κ2) is 9.50. The van der Waals surface area contributed by atoms with Crippen LogP contribution in [0.2, 0.25) is 0 Å². The van der Waals surface area contributed by atoms with E-state index < -0.39 is 0 Å². The number of aromatic nitrogens is 4. The Balaban J connectivity index is 1.25. The van der Waals surface area contributed by atoms with Crippen molar-refractivity contribution in [2.75, 3.05) is 61.4 Å². The average molecular weight is 507 g/mol. The Hall–Kier alpha value is -3.12. The molecule has 2 N–H and O–H groups in total. The highest BCUT2D eigenvalue weighted by atomic mass is 32.1. The highest BCUT2D eigenvalue weighted by Gasteiger charge is 2.27. The van der Waals surface area contributed by atoms with Crippen molar-refractivity contribution in [3.63, 3.8) is 0 Å². The molecule has 1 aromatic carbocycles. The number of anilines is 4. The van der Waals surface area contributed by atoms with Gasteiger partial charge in [-0.1, -0.05) is 11.3 Å². The van der Waals surface area contributed by atoms with Crippen LogP contribution in [0.4, 0.5) is 22.5 Å². The van der Waals surface area contributed by atoms with Gasteiger partial charge in [-0.05, 0) is 31.3 Å². The third-order valence-electron chi connectivity index (χ3n) is 6.34. The van der Waals surface area contributed by atoms with Crippen molar-refractivity contribution >= 4 is 45.1 Å². The number of rotatable bonds is 6. The molecule has 35 heavy (non-hydrogen) atoms. The summed E-state index contributed by atoms with van der Waals surface area (Å²) in [5.41, 5.74) is 5.75. The fourth-order valence-electron chi connectivity index (χ4n) is 4.24. The van der Waals surface area contributed by atoms with E-state index in [0.717, 1.165) is 58.0 Å². The number of aliphatic hydroxyl groups excluding tert-OH is 1. The summed E-state index contributed by atoms with van der Waals surface area (Å²) in [7, 11) is 2.17. The smallest absolute Gasteiger partial charge is 0.227 e. The fourth-order valence-corrected chi connectivity index (χ4v) is 5.81. The van der Waals surface area contributed by atoms with Crippen LogP contribution in [-0.4, -0.2) is 82.4 Å². The number of nitrogens with one attached hydrogen (secondary N) is 1. The van der Waals surface area contributed by atoms with Crippen LogP contribution in [0.5, 0.6) is 0 Å². The molecule has 9 nitrogen and oxygen atoms in total. The minimum atomic E-state index is -0.271. The van der Waals surface area contributed by atoms with E-state index in [1.807, 2.05) is 24.1 Å². The number of benzene rings is 1. The summed E-state index contributed by atoms with van der Waals surface area (Å²) in [6.45, 7) is 5.50. The van der Waals surface area contributed by atoms with Gasteiger partial charge in [-0.25, -0.2) is 15.0 Å². The number of β-amino-alcohol motifs (C(OH)–C–C–N with tert-alkyl or cyclic N) is 1. The summed E-state index contributed by atoms with van der Waals surface area (Å²) in [5, 5.41) is 13.9. The summed E-state index contributed by atoms with van der Waals surface area (Å²) in [5.74, 6) is 0.537. The Bertz CT molecular complexity index is 1280. The van der Waals surface area contributed by atoms with E-state index in [4.69, 9.17) is 4.98 Å². The molecule has 5 heterocycles. The first-order valence-electron chi connectivity index (χ1n) is 11.6. The van der Waals surface area contributed by atoms with Gasteiger partial charge in [-0.2, -0.15) is 0 Å². The van der Waals surface area contributed by atoms with Gasteiger partial charge < -0.3 is 25.1 Å². The first-order chi connectivity index (χ1) is 17.1. The number of piperazine rings is 1. The monoisotopic (exact) mass is 506 g/mol. The molecule has 2 fully saturated rings. The first kappa shape index (κ1) is 22.4. The van der Waals surface area contributed by atoms with Crippen molar-refractivity contribution in [1.82, 2.24) is 24.8 Å². The third-order valence-corrected chi connectivity index (χ3v) is 8.21. The second-order valence-electron chi connectivity index (χ2n) is 8.85. The van der Waals surface area contributed by atoms with Gasteiger partial charge in [0.2, 0.25) is 5.95 Å². The maximum atomic E-state index is 9.65. The average Bonchev–Trinajstić information content (AvgIpc) is 3.56. The topological polar surface area (TPSA) is 93.5 Å². The zero-order valence-corrected chi connectivity index (χ0v) is 21.0. The van der Waals surface area contributed by atoms with Crippen LogP contribution in [0, 0.1) is 0 Å². The molecule has 2 aliphatic rings. The van der Waals surface area contributed by atoms with Gasteiger partial charge in [0.1, 0.15) is 0 Å². The highest BCUT2D eigenvalue weighted by Crippen LogP contribution is 2.38. The molecule has 3 aromatic heterocycles. The fraction of sp³-hybridized carbons (Fsp3) is 0.333. The van der Waals surface area contributed by atoms with E-state index in [0.29, 0.717) is 19.0 Å². The molecule has 0 atom stereocenters. The predicted octanol–water partition coefficient (Wildman–Crippen LogP) is 3.40. The lowest BCUT2D eigenvalue weighted by atomic mass is 10.2. The molecule has 0 bridgehead atoms. The van der Waals surface area contributed by atoms with Gasteiger partial charge >= 0.3 is 0 Å². The summed E-state index contributed by atoms with van der Waals surface area (Å²) in [6, 6.07) is 8.45. The molecule has 0 spiro atoms. The lowest BCUT2D eigenvalue weighted by Crippen LogP contribution is -2.50. The van der Waals surface area contributed by atoms with Crippen LogP contribution in [0.25, 0.3) is 21.0 Å². The molecule has 0 aliphatic carbocycles. The van der Waals surface area contributed by atoms with Gasteiger partial charge in [-0.15, -0.1) is 11.3 Å². The Morgan fingerprint density at radius 3 is 2.46 bits per heavy atom. The van der Waals surface area contributed by atoms with E-state index in [1.54, 1.807) is 22.7 Å². The van der Waals surface area contributed by atoms with Gasteiger partial charge in [0.05, 0.1) is 27.1 Å². The van der Waals surface area contributed by atoms with E-state index in [2.05, 4.69) is 66.3 Å². The summed E-state index contributed by atoms with van der Waals surface area (Å²) >= 11 is 3.14. The number of hydrogen-bond donors (Lipinski definition) is 2. The molecular formula is C24H26N8OS2. The van der Waals surface area contributed by atoms with E-state index in [9.17, 15) is 5.11 Å². The van der Waals surface area contributed by atoms with Crippen molar-refractivity contribution < 1.29 is 5.11 Å². The molecule has 2 saturated heterocycles. The van der Waals surface area contributed by atoms with Crippen LogP contribution < -0.4 is 15.1 Å². The van der Waals surface area contributed by atoms with Crippen LogP contribution in [0.1, 0.15) is 0 Å². The number of nitrogens with zero attached hydrogens (tertiary/aromatic N) is 7. The quantitative estimate of drug-likeness (QED) is 0.408. The minimum absolute atomic E-state index is 0.271. The third kappa shape index (κ3) is 4.72. The summed E-state index contributed by atoms with van der Waals surface area (Å²) < 4.78 is 0. The van der Waals surface area contributed by atoms with Crippen molar-refractivity contribution in [2.24, 2.45) is 0 Å². The maximum absolute atomic E-state index is 9.65. The Labute approximate surface area is 211 Å². The van der Waals surface area contributed by atoms with Gasteiger partial charge in [0.15, 0.2) is 5.13 Å². The molecule has 2 aliphatic heterocycles. The van der Waals surface area contributed by atoms with E-state index >= 15 is 0 Å². The Morgan fingerprint density at radius 1 is 0.943 bits per heavy atom. The number of thiazole rings is 2. The zero-order valence-electron chi connectivity index (χ0n) is 19.3. The van der Waals surface area contributed by atoms with Crippen LogP contribution in [-0.2, 0) is 0 Å². The van der Waals surface area contributed by atoms with Crippen molar-refractivity contribution in [3.05, 3.63) is 48.4 Å². The predicted molar refractivity (Wildman–Crippen MR) is 142 cm³/mol. The minimum Gasteiger partial charge on any atom is -0.389 e. The van der Waals surface area contributed by atoms with Crippen molar-refractivity contribution in [1.29, 1.82) is 0 Å². The molecule has 0 radical (unpaired) electrons. The summed E-state index contributed by atoms with van der Waals surface area (Å²) in [6.07, 6.45) is 5.27. The normalized spacial score (nSPS) is 17.0. The Kier molecular flexibility index (Phi) is 6.06. The molecule has 0 unspecified atom stereocenters. The highest BCUT2D eigenvalue weighted by molar-refractivity contribution is 7.19. The molecule has 0 amide bonds. The van der Waals surface area contributed by atoms with E-state index in [1.165, 1.54) is 5.69 Å². The first-order valence-corrected chi connectivity index (χ1v) is 13.3. The lowest BCUT2D eigenvalue weighted by Gasteiger charge is -2.35. The van der Waals surface area contributed by atoms with Crippen molar-refractivity contribution in [2.45, 2.75) is 6.10 Å². The number of likely N-dealkylation sites (N-methyl/N-ethyl adjacent to an activating group) is 1. The largest absolute Gasteiger partial charge is 0.389 e. The van der Waals surface area contributed by atoms with Gasteiger partial charge in [0, 0.05) is 74.8 Å². The maximum Gasteiger partial charge on any atom is 0.227 e. The number of hydrogen-bond acceptors (Lipinski definition) is 11. The standard InChI is InChI=1S/C24H26N8OS2/c1-30-6-8-31(9-7-30)17-4-2-16(3-5-17)28-23-26-10-19(20-11-25-15-34-20)22(29-23)21-12-27-24(35-21)32-13-18(33)14-32/h2-5,10-12,15,18,33H,6-9,13-14H2,1H3,(H,26,28,29). The molecule has 6 rings (SSSR count). The van der Waals surface area contributed by atoms with Gasteiger partial charge in [0.25, 0.3) is 0 Å².